The van der Waals surface area contributed by atoms with Gasteiger partial charge in [0.25, 0.3) is 0 Å². The van der Waals surface area contributed by atoms with Crippen LogP contribution in [0.3, 0.4) is 0 Å². The number of anilines is 1. The molecule has 3 rings (SSSR count). The average Bonchev–Trinajstić information content (AvgIpc) is 3.24. The highest BCUT2D eigenvalue weighted by Crippen LogP contribution is 2.40. The van der Waals surface area contributed by atoms with Gasteiger partial charge in [-0.05, 0) is 25.3 Å². The van der Waals surface area contributed by atoms with Gasteiger partial charge in [0.05, 0.1) is 5.69 Å². The molecule has 0 spiro atoms. The van der Waals surface area contributed by atoms with Gasteiger partial charge in [-0.15, -0.1) is 0 Å². The van der Waals surface area contributed by atoms with Crippen LogP contribution in [-0.4, -0.2) is 9.97 Å². The van der Waals surface area contributed by atoms with E-state index in [0.717, 1.165) is 18.4 Å². The van der Waals surface area contributed by atoms with Crippen LogP contribution in [-0.2, 0) is 6.54 Å². The first-order valence-electron chi connectivity index (χ1n) is 6.54. The van der Waals surface area contributed by atoms with E-state index in [1.807, 2.05) is 31.2 Å². The van der Waals surface area contributed by atoms with Crippen LogP contribution < -0.4 is 5.32 Å². The predicted molar refractivity (Wildman–Crippen MR) is 72.5 cm³/mol. The van der Waals surface area contributed by atoms with Gasteiger partial charge in [-0.25, -0.2) is 14.4 Å². The zero-order chi connectivity index (χ0) is 13.2. The van der Waals surface area contributed by atoms with E-state index < -0.39 is 0 Å². The van der Waals surface area contributed by atoms with Crippen LogP contribution in [0.5, 0.6) is 0 Å². The molecule has 2 aromatic rings. The second-order valence-corrected chi connectivity index (χ2v) is 5.03. The first-order valence-corrected chi connectivity index (χ1v) is 6.54. The van der Waals surface area contributed by atoms with Gasteiger partial charge in [-0.2, -0.15) is 0 Å². The van der Waals surface area contributed by atoms with Crippen molar-refractivity contribution < 1.29 is 4.39 Å². The van der Waals surface area contributed by atoms with Crippen molar-refractivity contribution >= 4 is 5.82 Å². The molecule has 1 aliphatic rings. The molecule has 4 heteroatoms. The highest BCUT2D eigenvalue weighted by molar-refractivity contribution is 5.40. The normalized spacial score (nSPS) is 14.4. The van der Waals surface area contributed by atoms with Gasteiger partial charge < -0.3 is 5.32 Å². The standard InChI is InChI=1S/C15H16FN3/c1-10-2-4-11(5-3-10)8-17-15-13(16)14(12-6-7-12)18-9-19-15/h2-5,9,12H,6-8H2,1H3,(H,17,18,19). The van der Waals surface area contributed by atoms with E-state index in [4.69, 9.17) is 0 Å². The van der Waals surface area contributed by atoms with Crippen LogP contribution in [0.1, 0.15) is 35.6 Å². The summed E-state index contributed by atoms with van der Waals surface area (Å²) in [6, 6.07) is 8.15. The van der Waals surface area contributed by atoms with Crippen molar-refractivity contribution in [1.29, 1.82) is 0 Å². The molecule has 0 bridgehead atoms. The lowest BCUT2D eigenvalue weighted by molar-refractivity contribution is 0.595. The quantitative estimate of drug-likeness (QED) is 0.912. The minimum atomic E-state index is -0.294. The smallest absolute Gasteiger partial charge is 0.187 e. The lowest BCUT2D eigenvalue weighted by atomic mass is 10.1. The van der Waals surface area contributed by atoms with Crippen molar-refractivity contribution in [2.45, 2.75) is 32.2 Å². The SMILES string of the molecule is Cc1ccc(CNc2ncnc(C3CC3)c2F)cc1. The largest absolute Gasteiger partial charge is 0.363 e. The molecule has 1 heterocycles. The van der Waals surface area contributed by atoms with Crippen LogP contribution in [0.4, 0.5) is 10.2 Å². The Morgan fingerprint density at radius 2 is 1.95 bits per heavy atom. The summed E-state index contributed by atoms with van der Waals surface area (Å²) in [7, 11) is 0. The number of benzene rings is 1. The fourth-order valence-corrected chi connectivity index (χ4v) is 2.04. The van der Waals surface area contributed by atoms with E-state index >= 15 is 0 Å². The number of hydrogen-bond acceptors (Lipinski definition) is 3. The highest BCUT2D eigenvalue weighted by atomic mass is 19.1. The Hall–Kier alpha value is -1.97. The van der Waals surface area contributed by atoms with Crippen LogP contribution in [0.25, 0.3) is 0 Å². The summed E-state index contributed by atoms with van der Waals surface area (Å²) >= 11 is 0. The lowest BCUT2D eigenvalue weighted by Gasteiger charge is -2.08. The van der Waals surface area contributed by atoms with E-state index in [0.29, 0.717) is 24.0 Å². The van der Waals surface area contributed by atoms with E-state index in [-0.39, 0.29) is 5.82 Å². The third kappa shape index (κ3) is 2.72. The van der Waals surface area contributed by atoms with Crippen LogP contribution in [0, 0.1) is 12.7 Å². The van der Waals surface area contributed by atoms with Gasteiger partial charge in [0, 0.05) is 12.5 Å². The molecule has 0 radical (unpaired) electrons. The van der Waals surface area contributed by atoms with Crippen molar-refractivity contribution in [2.24, 2.45) is 0 Å². The Bertz CT molecular complexity index is 576. The second-order valence-electron chi connectivity index (χ2n) is 5.03. The van der Waals surface area contributed by atoms with Crippen LogP contribution in [0.2, 0.25) is 0 Å². The highest BCUT2D eigenvalue weighted by Gasteiger charge is 2.29. The molecule has 3 nitrogen and oxygen atoms in total. The van der Waals surface area contributed by atoms with Crippen molar-refractivity contribution in [3.8, 4) is 0 Å². The molecule has 0 unspecified atom stereocenters. The first-order chi connectivity index (χ1) is 9.24. The molecule has 1 aliphatic carbocycles. The Morgan fingerprint density at radius 1 is 1.21 bits per heavy atom. The second kappa shape index (κ2) is 4.96. The molecule has 0 saturated heterocycles. The minimum absolute atomic E-state index is 0.294. The number of nitrogens with zero attached hydrogens (tertiary/aromatic N) is 2. The van der Waals surface area contributed by atoms with Crippen LogP contribution in [0.15, 0.2) is 30.6 Å². The van der Waals surface area contributed by atoms with E-state index in [1.54, 1.807) is 0 Å². The maximum Gasteiger partial charge on any atom is 0.187 e. The summed E-state index contributed by atoms with van der Waals surface area (Å²) in [5, 5.41) is 3.05. The van der Waals surface area contributed by atoms with Crippen molar-refractivity contribution in [2.75, 3.05) is 5.32 Å². The lowest BCUT2D eigenvalue weighted by Crippen LogP contribution is -2.06. The summed E-state index contributed by atoms with van der Waals surface area (Å²) < 4.78 is 14.1. The number of halogens is 1. The van der Waals surface area contributed by atoms with E-state index in [1.165, 1.54) is 11.9 Å². The summed E-state index contributed by atoms with van der Waals surface area (Å²) in [5.74, 6) is 0.303. The Morgan fingerprint density at radius 3 is 2.63 bits per heavy atom. The molecule has 19 heavy (non-hydrogen) atoms. The third-order valence-corrected chi connectivity index (χ3v) is 3.36. The summed E-state index contributed by atoms with van der Waals surface area (Å²) in [6.45, 7) is 2.61. The Kier molecular flexibility index (Phi) is 3.15. The Balaban J connectivity index is 1.72. The molecule has 0 amide bonds. The molecule has 1 aromatic carbocycles. The minimum Gasteiger partial charge on any atom is -0.363 e. The van der Waals surface area contributed by atoms with Crippen LogP contribution >= 0.6 is 0 Å². The van der Waals surface area contributed by atoms with Crippen molar-refractivity contribution in [1.82, 2.24) is 9.97 Å². The number of hydrogen-bond donors (Lipinski definition) is 1. The molecule has 0 atom stereocenters. The van der Waals surface area contributed by atoms with E-state index in [2.05, 4.69) is 15.3 Å². The zero-order valence-electron chi connectivity index (χ0n) is 10.9. The van der Waals surface area contributed by atoms with Gasteiger partial charge in [0.2, 0.25) is 0 Å². The number of aryl methyl sites for hydroxylation is 1. The Labute approximate surface area is 111 Å². The average molecular weight is 257 g/mol. The fraction of sp³-hybridized carbons (Fsp3) is 0.333. The van der Waals surface area contributed by atoms with Gasteiger partial charge in [0.15, 0.2) is 11.6 Å². The number of rotatable bonds is 4. The molecule has 0 aliphatic heterocycles. The number of nitrogens with one attached hydrogen (secondary N) is 1. The molecule has 1 N–H and O–H groups in total. The summed E-state index contributed by atoms with van der Waals surface area (Å²) in [6.07, 6.45) is 3.50. The van der Waals surface area contributed by atoms with Gasteiger partial charge in [-0.3, -0.25) is 0 Å². The molecular weight excluding hydrogens is 241 g/mol. The van der Waals surface area contributed by atoms with Gasteiger partial charge in [-0.1, -0.05) is 29.8 Å². The fourth-order valence-electron chi connectivity index (χ4n) is 2.04. The summed E-state index contributed by atoms with van der Waals surface area (Å²) in [4.78, 5) is 8.03. The first kappa shape index (κ1) is 12.1. The zero-order valence-corrected chi connectivity index (χ0v) is 10.9. The monoisotopic (exact) mass is 257 g/mol. The molecular formula is C15H16FN3. The third-order valence-electron chi connectivity index (χ3n) is 3.36. The topological polar surface area (TPSA) is 37.8 Å². The summed E-state index contributed by atoms with van der Waals surface area (Å²) in [5.41, 5.74) is 2.88. The van der Waals surface area contributed by atoms with Crippen molar-refractivity contribution in [3.63, 3.8) is 0 Å². The maximum absolute atomic E-state index is 14.1. The van der Waals surface area contributed by atoms with E-state index in [9.17, 15) is 4.39 Å². The van der Waals surface area contributed by atoms with Crippen molar-refractivity contribution in [3.05, 3.63) is 53.2 Å². The van der Waals surface area contributed by atoms with Gasteiger partial charge >= 0.3 is 0 Å². The number of aromatic nitrogens is 2. The molecule has 1 saturated carbocycles. The maximum atomic E-state index is 14.1. The molecule has 98 valence electrons. The molecule has 1 aromatic heterocycles. The predicted octanol–water partition coefficient (Wildman–Crippen LogP) is 3.41. The van der Waals surface area contributed by atoms with Gasteiger partial charge in [0.1, 0.15) is 6.33 Å². The molecule has 1 fully saturated rings.